The van der Waals surface area contributed by atoms with E-state index in [1.165, 1.54) is 18.9 Å². The second kappa shape index (κ2) is 22.5. The number of carbonyl (C=O) groups is 6. The van der Waals surface area contributed by atoms with Crippen molar-refractivity contribution in [3.8, 4) is 0 Å². The van der Waals surface area contributed by atoms with E-state index in [4.69, 9.17) is 4.74 Å². The third-order valence-corrected chi connectivity index (χ3v) is 7.77. The maximum atomic E-state index is 13.6. The highest BCUT2D eigenvalue weighted by atomic mass is 32.2. The lowest BCUT2D eigenvalue weighted by Crippen LogP contribution is -2.58. The summed E-state index contributed by atoms with van der Waals surface area (Å²) >= 11 is 1.49. The molecule has 1 unspecified atom stereocenters. The molecule has 5 atom stereocenters. The molecule has 15 heteroatoms. The lowest BCUT2D eigenvalue weighted by atomic mass is 9.96. The summed E-state index contributed by atoms with van der Waals surface area (Å²) < 4.78 is 9.90. The van der Waals surface area contributed by atoms with Gasteiger partial charge in [0.2, 0.25) is 23.6 Å². The van der Waals surface area contributed by atoms with Gasteiger partial charge < -0.3 is 41.2 Å². The van der Waals surface area contributed by atoms with Crippen LogP contribution in [0.2, 0.25) is 0 Å². The highest BCUT2D eigenvalue weighted by Gasteiger charge is 2.33. The molecule has 0 aliphatic heterocycles. The summed E-state index contributed by atoms with van der Waals surface area (Å²) in [6, 6.07) is -3.66. The van der Waals surface area contributed by atoms with Crippen LogP contribution in [0.15, 0.2) is 0 Å². The van der Waals surface area contributed by atoms with Gasteiger partial charge >= 0.3 is 12.1 Å². The minimum absolute atomic E-state index is 0.0368. The maximum absolute atomic E-state index is 13.6. The van der Waals surface area contributed by atoms with E-state index in [-0.39, 0.29) is 49.5 Å². The number of aliphatic hydroxyl groups excluding tert-OH is 1. The number of rotatable bonds is 21. The van der Waals surface area contributed by atoms with Gasteiger partial charge in [-0.25, -0.2) is 4.79 Å². The van der Waals surface area contributed by atoms with Crippen molar-refractivity contribution >= 4 is 47.5 Å². The van der Waals surface area contributed by atoms with Crippen LogP contribution in [-0.4, -0.2) is 102 Å². The molecule has 0 spiro atoms. The minimum atomic E-state index is -1.29. The fourth-order valence-electron chi connectivity index (χ4n) is 4.59. The molecule has 0 aliphatic rings. The van der Waals surface area contributed by atoms with Gasteiger partial charge in [-0.2, -0.15) is 11.8 Å². The third-order valence-electron chi connectivity index (χ3n) is 7.13. The van der Waals surface area contributed by atoms with Gasteiger partial charge in [0.1, 0.15) is 23.7 Å². The van der Waals surface area contributed by atoms with E-state index in [0.29, 0.717) is 18.6 Å². The molecule has 0 fully saturated rings. The summed E-state index contributed by atoms with van der Waals surface area (Å²) in [4.78, 5) is 76.4. The lowest BCUT2D eigenvalue weighted by molar-refractivity contribution is -0.140. The zero-order valence-corrected chi connectivity index (χ0v) is 31.5. The predicted molar refractivity (Wildman–Crippen MR) is 186 cm³/mol. The smallest absolute Gasteiger partial charge is 0.408 e. The van der Waals surface area contributed by atoms with Gasteiger partial charge in [0, 0.05) is 13.0 Å². The Kier molecular flexibility index (Phi) is 21.1. The zero-order valence-electron chi connectivity index (χ0n) is 30.7. The van der Waals surface area contributed by atoms with Crippen molar-refractivity contribution in [2.45, 2.75) is 130 Å². The van der Waals surface area contributed by atoms with Crippen LogP contribution in [-0.2, 0) is 33.4 Å². The second-order valence-corrected chi connectivity index (χ2v) is 15.0. The van der Waals surface area contributed by atoms with Crippen molar-refractivity contribution in [1.82, 2.24) is 26.6 Å². The van der Waals surface area contributed by atoms with Crippen LogP contribution in [0, 0.1) is 17.8 Å². The van der Waals surface area contributed by atoms with Gasteiger partial charge in [0.15, 0.2) is 0 Å². The molecule has 0 aliphatic carbocycles. The summed E-state index contributed by atoms with van der Waals surface area (Å²) in [5.41, 5.74) is -0.763. The van der Waals surface area contributed by atoms with Crippen LogP contribution in [0.1, 0.15) is 94.4 Å². The summed E-state index contributed by atoms with van der Waals surface area (Å²) in [6.45, 7) is 16.2. The lowest BCUT2D eigenvalue weighted by Gasteiger charge is -2.30. The number of alkyl carbamates (subject to hydrolysis) is 1. The Bertz CT molecular complexity index is 1050. The van der Waals surface area contributed by atoms with Gasteiger partial charge in [-0.05, 0) is 69.8 Å². The summed E-state index contributed by atoms with van der Waals surface area (Å²) in [6.07, 6.45) is 0.592. The van der Waals surface area contributed by atoms with Crippen LogP contribution in [0.5, 0.6) is 0 Å². The third kappa shape index (κ3) is 19.1. The Labute approximate surface area is 290 Å². The minimum Gasteiger partial charge on any atom is -0.469 e. The quantitative estimate of drug-likeness (QED) is 0.0761. The Morgan fingerprint density at radius 1 is 0.812 bits per heavy atom. The SMILES string of the molecule is COC(=O)CCCNC(=O)[C@H](NC(=O)C[C@H](O)C(CC(C)C)NC(=O)[C@H](CCSC)NC(=O)[C@@H](NC(=O)OC(C)(C)C)C(C)C)C(C)C. The first-order valence-electron chi connectivity index (χ1n) is 16.6. The van der Waals surface area contributed by atoms with Crippen molar-refractivity contribution in [3.63, 3.8) is 0 Å². The highest BCUT2D eigenvalue weighted by molar-refractivity contribution is 7.98. The number of amides is 5. The molecule has 278 valence electrons. The first-order valence-corrected chi connectivity index (χ1v) is 18.0. The van der Waals surface area contributed by atoms with Crippen LogP contribution < -0.4 is 26.6 Å². The van der Waals surface area contributed by atoms with E-state index in [2.05, 4.69) is 31.3 Å². The number of aliphatic hydroxyl groups is 1. The van der Waals surface area contributed by atoms with Gasteiger partial charge in [-0.15, -0.1) is 0 Å². The molecule has 0 heterocycles. The number of thioether (sulfide) groups is 1. The number of methoxy groups -OCH3 is 1. The fourth-order valence-corrected chi connectivity index (χ4v) is 5.07. The maximum Gasteiger partial charge on any atom is 0.408 e. The van der Waals surface area contributed by atoms with Crippen LogP contribution in [0.3, 0.4) is 0 Å². The van der Waals surface area contributed by atoms with E-state index in [1.54, 1.807) is 48.5 Å². The molecular formula is C33H61N5O9S. The second-order valence-electron chi connectivity index (χ2n) is 14.0. The zero-order chi connectivity index (χ0) is 37.2. The Morgan fingerprint density at radius 2 is 1.40 bits per heavy atom. The number of ether oxygens (including phenoxy) is 2. The first-order chi connectivity index (χ1) is 22.2. The molecule has 0 bridgehead atoms. The number of nitrogens with one attached hydrogen (secondary N) is 5. The van der Waals surface area contributed by atoms with Gasteiger partial charge in [0.05, 0.1) is 25.7 Å². The van der Waals surface area contributed by atoms with E-state index >= 15 is 0 Å². The molecule has 0 aromatic carbocycles. The molecule has 0 radical (unpaired) electrons. The van der Waals surface area contributed by atoms with Gasteiger partial charge in [0.25, 0.3) is 0 Å². The highest BCUT2D eigenvalue weighted by Crippen LogP contribution is 2.14. The molecule has 0 rings (SSSR count). The van der Waals surface area contributed by atoms with Crippen molar-refractivity contribution in [3.05, 3.63) is 0 Å². The normalized spacial score (nSPS) is 14.7. The number of carbonyl (C=O) groups excluding carboxylic acids is 6. The van der Waals surface area contributed by atoms with Crippen LogP contribution >= 0.6 is 11.8 Å². The number of esters is 1. The molecule has 0 saturated carbocycles. The average Bonchev–Trinajstić information content (AvgIpc) is 2.96. The van der Waals surface area contributed by atoms with Crippen molar-refractivity contribution in [2.24, 2.45) is 17.8 Å². The number of hydrogen-bond donors (Lipinski definition) is 6. The molecule has 5 amide bonds. The molecular weight excluding hydrogens is 642 g/mol. The Balaban J connectivity index is 5.65. The molecule has 6 N–H and O–H groups in total. The summed E-state index contributed by atoms with van der Waals surface area (Å²) in [5, 5.41) is 24.7. The van der Waals surface area contributed by atoms with E-state index in [1.807, 2.05) is 20.1 Å². The molecule has 48 heavy (non-hydrogen) atoms. The molecule has 0 aromatic rings. The largest absolute Gasteiger partial charge is 0.469 e. The van der Waals surface area contributed by atoms with Gasteiger partial charge in [-0.3, -0.25) is 24.0 Å². The predicted octanol–water partition coefficient (Wildman–Crippen LogP) is 2.27. The average molecular weight is 704 g/mol. The molecule has 0 saturated heterocycles. The topological polar surface area (TPSA) is 201 Å². The Morgan fingerprint density at radius 3 is 1.90 bits per heavy atom. The van der Waals surface area contributed by atoms with E-state index in [9.17, 15) is 33.9 Å². The Hall–Kier alpha value is -3.07. The molecule has 0 aromatic heterocycles. The van der Waals surface area contributed by atoms with Crippen molar-refractivity contribution in [2.75, 3.05) is 25.7 Å². The van der Waals surface area contributed by atoms with E-state index < -0.39 is 65.6 Å². The summed E-state index contributed by atoms with van der Waals surface area (Å²) in [5.74, 6) is -2.46. The monoisotopic (exact) mass is 703 g/mol. The van der Waals surface area contributed by atoms with E-state index in [0.717, 1.165) is 0 Å². The van der Waals surface area contributed by atoms with Crippen LogP contribution in [0.4, 0.5) is 4.79 Å². The van der Waals surface area contributed by atoms with Crippen molar-refractivity contribution < 1.29 is 43.3 Å². The fraction of sp³-hybridized carbons (Fsp3) is 0.818. The van der Waals surface area contributed by atoms with Gasteiger partial charge in [-0.1, -0.05) is 41.5 Å². The standard InChI is InChI=1S/C33H61N5O9S/c1-19(2)17-23(24(39)18-25(40)37-27(20(3)4)30(43)34-15-12-13-26(41)46-10)36-29(42)22(14-16-48-11)35-31(44)28(21(5)6)38-32(45)47-33(7,8)9/h19-24,27-28,39H,12-18H2,1-11H3,(H,34,43)(H,35,44)(H,36,42)(H,37,40)(H,38,45)/t22-,23?,24-,27+,28-/m0/s1. The number of hydrogen-bond acceptors (Lipinski definition) is 10. The summed E-state index contributed by atoms with van der Waals surface area (Å²) in [7, 11) is 1.29. The first kappa shape index (κ1) is 44.9. The van der Waals surface area contributed by atoms with Crippen molar-refractivity contribution in [1.29, 1.82) is 0 Å². The molecule has 14 nitrogen and oxygen atoms in total. The van der Waals surface area contributed by atoms with Crippen LogP contribution in [0.25, 0.3) is 0 Å².